The Bertz CT molecular complexity index is 651. The summed E-state index contributed by atoms with van der Waals surface area (Å²) in [6.45, 7) is 13.4. The molecule has 0 radical (unpaired) electrons. The zero-order chi connectivity index (χ0) is 15.8. The molecule has 0 amide bonds. The van der Waals surface area contributed by atoms with E-state index in [-0.39, 0.29) is 5.54 Å². The van der Waals surface area contributed by atoms with Gasteiger partial charge in [-0.2, -0.15) is 5.10 Å². The molecule has 0 atom stereocenters. The van der Waals surface area contributed by atoms with E-state index in [1.165, 1.54) is 5.56 Å². The summed E-state index contributed by atoms with van der Waals surface area (Å²) in [5.74, 6) is 0. The molecule has 0 unspecified atom stereocenters. The molecule has 0 bridgehead atoms. The summed E-state index contributed by atoms with van der Waals surface area (Å²) in [4.78, 5) is 0. The van der Waals surface area contributed by atoms with Gasteiger partial charge in [0.05, 0.1) is 11.4 Å². The van der Waals surface area contributed by atoms with E-state index >= 15 is 0 Å². The van der Waals surface area contributed by atoms with Crippen molar-refractivity contribution >= 4 is 11.6 Å². The van der Waals surface area contributed by atoms with E-state index in [1.54, 1.807) is 0 Å². The predicted molar refractivity (Wildman–Crippen MR) is 89.4 cm³/mol. The lowest BCUT2D eigenvalue weighted by molar-refractivity contribution is 0.424. The van der Waals surface area contributed by atoms with Gasteiger partial charge in [-0.1, -0.05) is 17.7 Å². The summed E-state index contributed by atoms with van der Waals surface area (Å²) in [5.41, 5.74) is 5.63. The van der Waals surface area contributed by atoms with E-state index in [0.717, 1.165) is 34.2 Å². The van der Waals surface area contributed by atoms with Crippen LogP contribution in [0.3, 0.4) is 0 Å². The average Bonchev–Trinajstić information content (AvgIpc) is 2.64. The van der Waals surface area contributed by atoms with Gasteiger partial charge in [0.1, 0.15) is 0 Å². The van der Waals surface area contributed by atoms with E-state index < -0.39 is 0 Å². The predicted octanol–water partition coefficient (Wildman–Crippen LogP) is 4.34. The van der Waals surface area contributed by atoms with Gasteiger partial charge in [-0.15, -0.1) is 0 Å². The van der Waals surface area contributed by atoms with Crippen LogP contribution in [0.1, 0.15) is 43.3 Å². The average molecular weight is 306 g/mol. The highest BCUT2D eigenvalue weighted by molar-refractivity contribution is 6.31. The molecule has 1 heterocycles. The van der Waals surface area contributed by atoms with Crippen LogP contribution in [0, 0.1) is 20.8 Å². The van der Waals surface area contributed by atoms with Crippen LogP contribution in [0.2, 0.25) is 5.02 Å². The van der Waals surface area contributed by atoms with E-state index in [1.807, 2.05) is 17.7 Å². The smallest absolute Gasteiger partial charge is 0.0663 e. The van der Waals surface area contributed by atoms with E-state index in [0.29, 0.717) is 0 Å². The zero-order valence-corrected chi connectivity index (χ0v) is 14.5. The second-order valence-corrected chi connectivity index (χ2v) is 6.99. The van der Waals surface area contributed by atoms with Gasteiger partial charge in [0, 0.05) is 22.8 Å². The summed E-state index contributed by atoms with van der Waals surface area (Å²) in [5, 5.41) is 8.81. The fourth-order valence-electron chi connectivity index (χ4n) is 2.14. The Balaban J connectivity index is 2.28. The molecule has 1 N–H and O–H groups in total. The fourth-order valence-corrected chi connectivity index (χ4v) is 2.39. The first kappa shape index (κ1) is 16.1. The van der Waals surface area contributed by atoms with Crippen LogP contribution in [0.25, 0.3) is 5.69 Å². The van der Waals surface area contributed by atoms with Crippen molar-refractivity contribution in [2.24, 2.45) is 0 Å². The number of halogens is 1. The van der Waals surface area contributed by atoms with Crippen molar-refractivity contribution in [2.75, 3.05) is 0 Å². The SMILES string of the molecule is Cc1nn(-c2ccc(CNC(C)(C)C)c(Cl)c2)c(C)c1C. The maximum Gasteiger partial charge on any atom is 0.0663 e. The minimum Gasteiger partial charge on any atom is -0.308 e. The standard InChI is InChI=1S/C17H24ClN3/c1-11-12(2)20-21(13(11)3)15-8-7-14(16(18)9-15)10-19-17(4,5)6/h7-9,19H,10H2,1-6H3. The molecule has 21 heavy (non-hydrogen) atoms. The van der Waals surface area contributed by atoms with Crippen molar-refractivity contribution in [3.63, 3.8) is 0 Å². The summed E-state index contributed by atoms with van der Waals surface area (Å²) < 4.78 is 1.96. The van der Waals surface area contributed by atoms with Gasteiger partial charge in [-0.3, -0.25) is 0 Å². The number of aryl methyl sites for hydroxylation is 1. The van der Waals surface area contributed by atoms with Crippen LogP contribution in [-0.4, -0.2) is 15.3 Å². The summed E-state index contributed by atoms with van der Waals surface area (Å²) in [7, 11) is 0. The molecule has 0 aliphatic heterocycles. The highest BCUT2D eigenvalue weighted by Gasteiger charge is 2.12. The highest BCUT2D eigenvalue weighted by atomic mass is 35.5. The number of benzene rings is 1. The molecule has 0 aliphatic rings. The van der Waals surface area contributed by atoms with Gasteiger partial charge < -0.3 is 5.32 Å². The van der Waals surface area contributed by atoms with Gasteiger partial charge in [-0.05, 0) is 64.8 Å². The first-order chi connectivity index (χ1) is 9.69. The van der Waals surface area contributed by atoms with Crippen LogP contribution in [0.15, 0.2) is 18.2 Å². The van der Waals surface area contributed by atoms with Crippen molar-refractivity contribution in [1.82, 2.24) is 15.1 Å². The number of nitrogens with one attached hydrogen (secondary N) is 1. The quantitative estimate of drug-likeness (QED) is 0.914. The van der Waals surface area contributed by atoms with Gasteiger partial charge in [0.25, 0.3) is 0 Å². The molecule has 0 spiro atoms. The molecular weight excluding hydrogens is 282 g/mol. The monoisotopic (exact) mass is 305 g/mol. The second kappa shape index (κ2) is 5.82. The molecule has 114 valence electrons. The number of hydrogen-bond acceptors (Lipinski definition) is 2. The maximum atomic E-state index is 6.43. The van der Waals surface area contributed by atoms with Crippen LogP contribution in [-0.2, 0) is 6.54 Å². The molecule has 2 rings (SSSR count). The van der Waals surface area contributed by atoms with Gasteiger partial charge in [0.2, 0.25) is 0 Å². The lowest BCUT2D eigenvalue weighted by Crippen LogP contribution is -2.35. The Morgan fingerprint density at radius 3 is 2.33 bits per heavy atom. The highest BCUT2D eigenvalue weighted by Crippen LogP contribution is 2.23. The third-order valence-electron chi connectivity index (χ3n) is 3.74. The Morgan fingerprint density at radius 2 is 1.86 bits per heavy atom. The first-order valence-electron chi connectivity index (χ1n) is 7.25. The molecule has 0 saturated heterocycles. The van der Waals surface area contributed by atoms with Crippen LogP contribution in [0.5, 0.6) is 0 Å². The maximum absolute atomic E-state index is 6.43. The molecule has 0 aliphatic carbocycles. The van der Waals surface area contributed by atoms with Crippen molar-refractivity contribution in [1.29, 1.82) is 0 Å². The Labute approximate surface area is 132 Å². The summed E-state index contributed by atoms with van der Waals surface area (Å²) >= 11 is 6.43. The van der Waals surface area contributed by atoms with Crippen molar-refractivity contribution < 1.29 is 0 Å². The van der Waals surface area contributed by atoms with Crippen LogP contribution in [0.4, 0.5) is 0 Å². The second-order valence-electron chi connectivity index (χ2n) is 6.59. The number of hydrogen-bond donors (Lipinski definition) is 1. The molecule has 1 aromatic carbocycles. The molecule has 1 aromatic heterocycles. The van der Waals surface area contributed by atoms with Crippen molar-refractivity contribution in [3.8, 4) is 5.69 Å². The van der Waals surface area contributed by atoms with Crippen LogP contribution < -0.4 is 5.32 Å². The molecule has 3 nitrogen and oxygen atoms in total. The minimum absolute atomic E-state index is 0.0782. The Kier molecular flexibility index (Phi) is 4.45. The lowest BCUT2D eigenvalue weighted by atomic mass is 10.1. The normalized spacial score (nSPS) is 12.0. The Morgan fingerprint density at radius 1 is 1.19 bits per heavy atom. The summed E-state index contributed by atoms with van der Waals surface area (Å²) in [6.07, 6.45) is 0. The molecule has 0 fully saturated rings. The van der Waals surface area contributed by atoms with Crippen molar-refractivity contribution in [3.05, 3.63) is 45.7 Å². The van der Waals surface area contributed by atoms with E-state index in [4.69, 9.17) is 11.6 Å². The molecule has 2 aromatic rings. The van der Waals surface area contributed by atoms with Crippen molar-refractivity contribution in [2.45, 2.75) is 53.6 Å². The summed E-state index contributed by atoms with van der Waals surface area (Å²) in [6, 6.07) is 6.13. The van der Waals surface area contributed by atoms with Gasteiger partial charge in [-0.25, -0.2) is 4.68 Å². The minimum atomic E-state index is 0.0782. The molecular formula is C17H24ClN3. The van der Waals surface area contributed by atoms with E-state index in [2.05, 4.69) is 57.2 Å². The Hall–Kier alpha value is -1.32. The van der Waals surface area contributed by atoms with Crippen LogP contribution >= 0.6 is 11.6 Å². The molecule has 4 heteroatoms. The first-order valence-corrected chi connectivity index (χ1v) is 7.63. The number of nitrogens with zero attached hydrogens (tertiary/aromatic N) is 2. The van der Waals surface area contributed by atoms with Gasteiger partial charge >= 0.3 is 0 Å². The molecule has 0 saturated carbocycles. The third-order valence-corrected chi connectivity index (χ3v) is 4.10. The lowest BCUT2D eigenvalue weighted by Gasteiger charge is -2.21. The van der Waals surface area contributed by atoms with Gasteiger partial charge in [0.15, 0.2) is 0 Å². The number of aromatic nitrogens is 2. The zero-order valence-electron chi connectivity index (χ0n) is 13.7. The van der Waals surface area contributed by atoms with E-state index in [9.17, 15) is 0 Å². The number of rotatable bonds is 3. The third kappa shape index (κ3) is 3.66. The topological polar surface area (TPSA) is 29.9 Å². The largest absolute Gasteiger partial charge is 0.308 e. The fraction of sp³-hybridized carbons (Fsp3) is 0.471.